The minimum atomic E-state index is 0.396. The lowest BCUT2D eigenvalue weighted by molar-refractivity contribution is 0.164. The Morgan fingerprint density at radius 1 is 1.22 bits per heavy atom. The molecule has 1 atom stereocenters. The van der Waals surface area contributed by atoms with Crippen molar-refractivity contribution < 1.29 is 4.74 Å². The van der Waals surface area contributed by atoms with Gasteiger partial charge in [-0.05, 0) is 5.92 Å². The zero-order chi connectivity index (χ0) is 13.5. The van der Waals surface area contributed by atoms with Crippen LogP contribution in [-0.4, -0.2) is 56.4 Å². The first-order valence-corrected chi connectivity index (χ1v) is 5.90. The second-order valence-electron chi connectivity index (χ2n) is 4.37. The zero-order valence-electron chi connectivity index (χ0n) is 11.7. The van der Waals surface area contributed by atoms with E-state index in [0.29, 0.717) is 30.4 Å². The lowest BCUT2D eigenvalue weighted by Gasteiger charge is -2.15. The highest BCUT2D eigenvalue weighted by atomic mass is 16.5. The van der Waals surface area contributed by atoms with Crippen LogP contribution in [-0.2, 0) is 4.74 Å². The first-order valence-electron chi connectivity index (χ1n) is 5.90. The van der Waals surface area contributed by atoms with E-state index in [1.54, 1.807) is 14.2 Å². The number of ether oxygens (including phenoxy) is 1. The highest BCUT2D eigenvalue weighted by Crippen LogP contribution is 2.11. The van der Waals surface area contributed by atoms with Crippen LogP contribution in [0.1, 0.15) is 6.92 Å². The molecule has 0 saturated carbocycles. The fraction of sp³-hybridized carbons (Fsp3) is 0.727. The van der Waals surface area contributed by atoms with Gasteiger partial charge in [0.1, 0.15) is 0 Å². The van der Waals surface area contributed by atoms with E-state index in [1.165, 1.54) is 0 Å². The summed E-state index contributed by atoms with van der Waals surface area (Å²) in [4.78, 5) is 14.7. The predicted molar refractivity (Wildman–Crippen MR) is 73.2 cm³/mol. The Hall–Kier alpha value is -1.63. The molecule has 2 N–H and O–H groups in total. The largest absolute Gasteiger partial charge is 0.384 e. The molecule has 0 spiro atoms. The third-order valence-electron chi connectivity index (χ3n) is 2.31. The van der Waals surface area contributed by atoms with Crippen LogP contribution in [0.3, 0.4) is 0 Å². The van der Waals surface area contributed by atoms with Gasteiger partial charge in [0.05, 0.1) is 6.61 Å². The second-order valence-corrected chi connectivity index (χ2v) is 4.37. The number of anilines is 3. The summed E-state index contributed by atoms with van der Waals surface area (Å²) in [5.74, 6) is 2.14. The highest BCUT2D eigenvalue weighted by molar-refractivity contribution is 5.42. The Morgan fingerprint density at radius 3 is 2.44 bits per heavy atom. The first-order chi connectivity index (χ1) is 8.56. The summed E-state index contributed by atoms with van der Waals surface area (Å²) in [5.41, 5.74) is 0. The molecule has 0 aliphatic rings. The van der Waals surface area contributed by atoms with Crippen LogP contribution in [0.5, 0.6) is 0 Å². The van der Waals surface area contributed by atoms with Gasteiger partial charge >= 0.3 is 0 Å². The maximum atomic E-state index is 5.09. The SMILES string of the molecule is CNc1nc(NCC(C)COC)nc(N(C)C)n1. The number of hydrogen-bond donors (Lipinski definition) is 2. The van der Waals surface area contributed by atoms with Gasteiger partial charge in [0.2, 0.25) is 17.8 Å². The van der Waals surface area contributed by atoms with Gasteiger partial charge in [-0.15, -0.1) is 0 Å². The normalized spacial score (nSPS) is 12.1. The number of nitrogens with zero attached hydrogens (tertiary/aromatic N) is 4. The van der Waals surface area contributed by atoms with Crippen molar-refractivity contribution in [2.75, 3.05) is 56.9 Å². The lowest BCUT2D eigenvalue weighted by Crippen LogP contribution is -2.20. The minimum Gasteiger partial charge on any atom is -0.384 e. The molecule has 1 rings (SSSR count). The average Bonchev–Trinajstić information content (AvgIpc) is 2.36. The summed E-state index contributed by atoms with van der Waals surface area (Å²) in [6, 6.07) is 0. The summed E-state index contributed by atoms with van der Waals surface area (Å²) < 4.78 is 5.09. The molecule has 0 aliphatic carbocycles. The Balaban J connectivity index is 2.72. The summed E-state index contributed by atoms with van der Waals surface area (Å²) in [6.07, 6.45) is 0. The van der Waals surface area contributed by atoms with Crippen LogP contribution < -0.4 is 15.5 Å². The van der Waals surface area contributed by atoms with Crippen molar-refractivity contribution in [3.05, 3.63) is 0 Å². The van der Waals surface area contributed by atoms with E-state index in [1.807, 2.05) is 19.0 Å². The predicted octanol–water partition coefficient (Wildman–Crippen LogP) is 0.674. The summed E-state index contributed by atoms with van der Waals surface area (Å²) in [5, 5.41) is 6.11. The highest BCUT2D eigenvalue weighted by Gasteiger charge is 2.08. The number of rotatable bonds is 7. The molecule has 7 nitrogen and oxygen atoms in total. The fourth-order valence-electron chi connectivity index (χ4n) is 1.36. The van der Waals surface area contributed by atoms with Crippen molar-refractivity contribution in [3.63, 3.8) is 0 Å². The van der Waals surface area contributed by atoms with Crippen molar-refractivity contribution in [1.29, 1.82) is 0 Å². The van der Waals surface area contributed by atoms with E-state index < -0.39 is 0 Å². The Kier molecular flexibility index (Phi) is 5.57. The molecule has 0 fully saturated rings. The van der Waals surface area contributed by atoms with Gasteiger partial charge in [-0.3, -0.25) is 0 Å². The van der Waals surface area contributed by atoms with Crippen LogP contribution in [0.2, 0.25) is 0 Å². The van der Waals surface area contributed by atoms with E-state index >= 15 is 0 Å². The number of aromatic nitrogens is 3. The molecule has 1 unspecified atom stereocenters. The van der Waals surface area contributed by atoms with E-state index in [0.717, 1.165) is 6.54 Å². The topological polar surface area (TPSA) is 75.2 Å². The standard InChI is InChI=1S/C11H22N6O/c1-8(7-18-5)6-13-10-14-9(12-2)15-11(16-10)17(3)4/h8H,6-7H2,1-5H3,(H2,12,13,14,15,16). The zero-order valence-corrected chi connectivity index (χ0v) is 11.7. The maximum absolute atomic E-state index is 5.09. The van der Waals surface area contributed by atoms with Crippen LogP contribution in [0, 0.1) is 5.92 Å². The van der Waals surface area contributed by atoms with Crippen LogP contribution in [0.4, 0.5) is 17.8 Å². The monoisotopic (exact) mass is 254 g/mol. The van der Waals surface area contributed by atoms with Crippen molar-refractivity contribution in [2.24, 2.45) is 5.92 Å². The Labute approximate surface area is 108 Å². The molecule has 1 aromatic rings. The molecule has 0 amide bonds. The molecule has 1 heterocycles. The quantitative estimate of drug-likeness (QED) is 0.740. The van der Waals surface area contributed by atoms with Gasteiger partial charge in [0, 0.05) is 34.8 Å². The smallest absolute Gasteiger partial charge is 0.231 e. The van der Waals surface area contributed by atoms with Gasteiger partial charge in [-0.2, -0.15) is 15.0 Å². The molecule has 1 aromatic heterocycles. The van der Waals surface area contributed by atoms with Crippen molar-refractivity contribution in [3.8, 4) is 0 Å². The molecule has 0 aliphatic heterocycles. The third-order valence-corrected chi connectivity index (χ3v) is 2.31. The molecular weight excluding hydrogens is 232 g/mol. The minimum absolute atomic E-state index is 0.396. The van der Waals surface area contributed by atoms with Gasteiger partial charge in [0.15, 0.2) is 0 Å². The average molecular weight is 254 g/mol. The second kappa shape index (κ2) is 6.95. The third kappa shape index (κ3) is 4.33. The van der Waals surface area contributed by atoms with E-state index in [9.17, 15) is 0 Å². The summed E-state index contributed by atoms with van der Waals surface area (Å²) in [7, 11) is 7.27. The molecule has 0 aromatic carbocycles. The summed E-state index contributed by atoms with van der Waals surface area (Å²) in [6.45, 7) is 3.56. The van der Waals surface area contributed by atoms with Crippen molar-refractivity contribution >= 4 is 17.8 Å². The van der Waals surface area contributed by atoms with Crippen molar-refractivity contribution in [1.82, 2.24) is 15.0 Å². The summed E-state index contributed by atoms with van der Waals surface area (Å²) >= 11 is 0. The first kappa shape index (κ1) is 14.4. The van der Waals surface area contributed by atoms with Crippen LogP contribution >= 0.6 is 0 Å². The molecular formula is C11H22N6O. The van der Waals surface area contributed by atoms with Gasteiger partial charge in [0.25, 0.3) is 0 Å². The van der Waals surface area contributed by atoms with Gasteiger partial charge in [-0.25, -0.2) is 0 Å². The molecule has 18 heavy (non-hydrogen) atoms. The molecule has 0 saturated heterocycles. The van der Waals surface area contributed by atoms with E-state index in [4.69, 9.17) is 4.74 Å². The van der Waals surface area contributed by atoms with Gasteiger partial charge < -0.3 is 20.3 Å². The maximum Gasteiger partial charge on any atom is 0.231 e. The van der Waals surface area contributed by atoms with E-state index in [2.05, 4.69) is 32.5 Å². The number of hydrogen-bond acceptors (Lipinski definition) is 7. The molecule has 102 valence electrons. The van der Waals surface area contributed by atoms with Gasteiger partial charge in [-0.1, -0.05) is 6.92 Å². The van der Waals surface area contributed by atoms with Crippen molar-refractivity contribution in [2.45, 2.75) is 6.92 Å². The molecule has 0 bridgehead atoms. The van der Waals surface area contributed by atoms with E-state index in [-0.39, 0.29) is 0 Å². The number of methoxy groups -OCH3 is 1. The Bertz CT molecular complexity index is 371. The van der Waals surface area contributed by atoms with Crippen LogP contribution in [0.25, 0.3) is 0 Å². The fourth-order valence-corrected chi connectivity index (χ4v) is 1.36. The Morgan fingerprint density at radius 2 is 1.89 bits per heavy atom. The molecule has 0 radical (unpaired) electrons. The van der Waals surface area contributed by atoms with Crippen LogP contribution in [0.15, 0.2) is 0 Å². The molecule has 7 heteroatoms. The lowest BCUT2D eigenvalue weighted by atomic mass is 10.2. The number of nitrogens with one attached hydrogen (secondary N) is 2.